The van der Waals surface area contributed by atoms with Gasteiger partial charge in [-0.25, -0.2) is 0 Å². The molecule has 2 rings (SSSR count). The van der Waals surface area contributed by atoms with Crippen molar-refractivity contribution in [2.45, 2.75) is 30.6 Å². The molecule has 114 valence electrons. The van der Waals surface area contributed by atoms with Gasteiger partial charge in [0.1, 0.15) is 0 Å². The average Bonchev–Trinajstić information content (AvgIpc) is 2.52. The van der Waals surface area contributed by atoms with Gasteiger partial charge >= 0.3 is 5.97 Å². The molecular weight excluding hydrogens is 288 g/mol. The number of carboxylic acid groups (broad SMARTS) is 1. The van der Waals surface area contributed by atoms with Crippen molar-refractivity contribution < 1.29 is 14.7 Å². The molecule has 0 bridgehead atoms. The third kappa shape index (κ3) is 5.38. The maximum Gasteiger partial charge on any atom is 0.303 e. The van der Waals surface area contributed by atoms with Crippen molar-refractivity contribution in [2.24, 2.45) is 5.92 Å². The maximum absolute atomic E-state index is 12.1. The van der Waals surface area contributed by atoms with Crippen LogP contribution in [0.4, 0.5) is 0 Å². The molecule has 1 aliphatic rings. The largest absolute Gasteiger partial charge is 0.481 e. The molecule has 1 saturated heterocycles. The van der Waals surface area contributed by atoms with E-state index < -0.39 is 5.97 Å². The standard InChI is InChI=1S/C15H20N2O3S/c18-14(11-21-13-3-7-16-8-4-13)17-9-5-12(6-10-17)1-2-15(19)20/h3-4,7-8,12H,1-2,5-6,9-11H2,(H,19,20). The maximum atomic E-state index is 12.1. The van der Waals surface area contributed by atoms with Crippen molar-refractivity contribution in [1.29, 1.82) is 0 Å². The summed E-state index contributed by atoms with van der Waals surface area (Å²) >= 11 is 1.53. The topological polar surface area (TPSA) is 70.5 Å². The quantitative estimate of drug-likeness (QED) is 0.816. The highest BCUT2D eigenvalue weighted by molar-refractivity contribution is 8.00. The van der Waals surface area contributed by atoms with Gasteiger partial charge < -0.3 is 10.0 Å². The molecule has 0 radical (unpaired) electrons. The molecule has 0 aliphatic carbocycles. The number of amides is 1. The van der Waals surface area contributed by atoms with Crippen molar-refractivity contribution in [2.75, 3.05) is 18.8 Å². The minimum atomic E-state index is -0.734. The lowest BCUT2D eigenvalue weighted by atomic mass is 9.92. The van der Waals surface area contributed by atoms with Gasteiger partial charge in [-0.1, -0.05) is 0 Å². The van der Waals surface area contributed by atoms with Gasteiger partial charge in [-0.3, -0.25) is 14.6 Å². The first-order valence-electron chi connectivity index (χ1n) is 7.17. The summed E-state index contributed by atoms with van der Waals surface area (Å²) in [6.07, 6.45) is 6.24. The Balaban J connectivity index is 1.69. The Labute approximate surface area is 128 Å². The number of nitrogens with zero attached hydrogens (tertiary/aromatic N) is 2. The Bertz CT molecular complexity index is 473. The summed E-state index contributed by atoms with van der Waals surface area (Å²) in [7, 11) is 0. The van der Waals surface area contributed by atoms with Gasteiger partial charge in [-0.2, -0.15) is 0 Å². The van der Waals surface area contributed by atoms with Crippen LogP contribution >= 0.6 is 11.8 Å². The van der Waals surface area contributed by atoms with E-state index in [4.69, 9.17) is 5.11 Å². The fourth-order valence-electron chi connectivity index (χ4n) is 2.47. The molecule has 5 nitrogen and oxygen atoms in total. The lowest BCUT2D eigenvalue weighted by Gasteiger charge is -2.31. The van der Waals surface area contributed by atoms with E-state index >= 15 is 0 Å². The van der Waals surface area contributed by atoms with Crippen LogP contribution in [0, 0.1) is 5.92 Å². The van der Waals surface area contributed by atoms with Crippen molar-refractivity contribution in [3.05, 3.63) is 24.5 Å². The van der Waals surface area contributed by atoms with Crippen LogP contribution in [-0.4, -0.2) is 45.7 Å². The predicted molar refractivity (Wildman–Crippen MR) is 81.1 cm³/mol. The molecule has 21 heavy (non-hydrogen) atoms. The van der Waals surface area contributed by atoms with E-state index in [0.29, 0.717) is 11.7 Å². The summed E-state index contributed by atoms with van der Waals surface area (Å²) < 4.78 is 0. The Hall–Kier alpha value is -1.56. The highest BCUT2D eigenvalue weighted by Gasteiger charge is 2.23. The normalized spacial score (nSPS) is 15.9. The molecule has 0 atom stereocenters. The van der Waals surface area contributed by atoms with Gasteiger partial charge in [-0.05, 0) is 37.3 Å². The zero-order valence-corrected chi connectivity index (χ0v) is 12.7. The van der Waals surface area contributed by atoms with E-state index in [2.05, 4.69) is 4.98 Å². The summed E-state index contributed by atoms with van der Waals surface area (Å²) in [6, 6.07) is 3.80. The lowest BCUT2D eigenvalue weighted by molar-refractivity contribution is -0.137. The zero-order chi connectivity index (χ0) is 15.1. The Morgan fingerprint density at radius 1 is 1.29 bits per heavy atom. The molecule has 1 aromatic heterocycles. The zero-order valence-electron chi connectivity index (χ0n) is 11.9. The summed E-state index contributed by atoms with van der Waals surface area (Å²) in [6.45, 7) is 1.50. The van der Waals surface area contributed by atoms with Crippen LogP contribution in [0.1, 0.15) is 25.7 Å². The first kappa shape index (κ1) is 15.8. The fourth-order valence-corrected chi connectivity index (χ4v) is 3.26. The number of carbonyl (C=O) groups excluding carboxylic acids is 1. The van der Waals surface area contributed by atoms with E-state index in [1.54, 1.807) is 12.4 Å². The molecule has 1 fully saturated rings. The Kier molecular flexibility index (Phi) is 6.04. The average molecular weight is 308 g/mol. The Morgan fingerprint density at radius 2 is 1.95 bits per heavy atom. The summed E-state index contributed by atoms with van der Waals surface area (Å²) in [4.78, 5) is 29.6. The molecule has 1 amide bonds. The van der Waals surface area contributed by atoms with Gasteiger partial charge in [0.2, 0.25) is 5.91 Å². The first-order valence-corrected chi connectivity index (χ1v) is 8.16. The summed E-state index contributed by atoms with van der Waals surface area (Å²) in [5, 5.41) is 8.69. The second kappa shape index (κ2) is 8.02. The monoisotopic (exact) mass is 308 g/mol. The SMILES string of the molecule is O=C(O)CCC1CCN(C(=O)CSc2ccncc2)CC1. The number of rotatable bonds is 6. The first-order chi connectivity index (χ1) is 10.1. The van der Waals surface area contributed by atoms with E-state index in [9.17, 15) is 9.59 Å². The van der Waals surface area contributed by atoms with Gasteiger partial charge in [0.15, 0.2) is 0 Å². The number of pyridine rings is 1. The van der Waals surface area contributed by atoms with Crippen LogP contribution in [-0.2, 0) is 9.59 Å². The van der Waals surface area contributed by atoms with Crippen LogP contribution in [0.3, 0.4) is 0 Å². The van der Waals surface area contributed by atoms with Crippen molar-refractivity contribution in [3.63, 3.8) is 0 Å². The predicted octanol–water partition coefficient (Wildman–Crippen LogP) is 2.28. The van der Waals surface area contributed by atoms with Crippen LogP contribution in [0.15, 0.2) is 29.4 Å². The second-order valence-corrected chi connectivity index (χ2v) is 6.28. The van der Waals surface area contributed by atoms with Gasteiger partial charge in [-0.15, -0.1) is 11.8 Å². The fraction of sp³-hybridized carbons (Fsp3) is 0.533. The van der Waals surface area contributed by atoms with Crippen LogP contribution in [0.2, 0.25) is 0 Å². The third-order valence-corrected chi connectivity index (χ3v) is 4.74. The molecule has 2 heterocycles. The third-order valence-electron chi connectivity index (χ3n) is 3.75. The second-order valence-electron chi connectivity index (χ2n) is 5.23. The highest BCUT2D eigenvalue weighted by atomic mass is 32.2. The smallest absolute Gasteiger partial charge is 0.303 e. The molecule has 6 heteroatoms. The molecule has 1 aromatic rings. The number of hydrogen-bond donors (Lipinski definition) is 1. The highest BCUT2D eigenvalue weighted by Crippen LogP contribution is 2.23. The molecule has 1 N–H and O–H groups in total. The van der Waals surface area contributed by atoms with Crippen LogP contribution in [0.25, 0.3) is 0 Å². The number of carbonyl (C=O) groups is 2. The number of hydrogen-bond acceptors (Lipinski definition) is 4. The minimum Gasteiger partial charge on any atom is -0.481 e. The summed E-state index contributed by atoms with van der Waals surface area (Å²) in [5.74, 6) is 0.317. The number of carboxylic acids is 1. The number of aromatic nitrogens is 1. The molecule has 0 saturated carbocycles. The molecule has 1 aliphatic heterocycles. The number of aliphatic carboxylic acids is 1. The summed E-state index contributed by atoms with van der Waals surface area (Å²) in [5.41, 5.74) is 0. The van der Waals surface area contributed by atoms with Crippen LogP contribution in [0.5, 0.6) is 0 Å². The number of piperidine rings is 1. The van der Waals surface area contributed by atoms with Crippen molar-refractivity contribution in [1.82, 2.24) is 9.88 Å². The molecule has 0 aromatic carbocycles. The molecule has 0 spiro atoms. The lowest BCUT2D eigenvalue weighted by Crippen LogP contribution is -2.39. The number of thioether (sulfide) groups is 1. The molecule has 0 unspecified atom stereocenters. The minimum absolute atomic E-state index is 0.161. The van der Waals surface area contributed by atoms with Crippen molar-refractivity contribution >= 4 is 23.6 Å². The Morgan fingerprint density at radius 3 is 2.57 bits per heavy atom. The van der Waals surface area contributed by atoms with Gasteiger partial charge in [0, 0.05) is 36.8 Å². The van der Waals surface area contributed by atoms with E-state index in [1.807, 2.05) is 17.0 Å². The van der Waals surface area contributed by atoms with Crippen LogP contribution < -0.4 is 0 Å². The van der Waals surface area contributed by atoms with Gasteiger partial charge in [0.05, 0.1) is 5.75 Å². The van der Waals surface area contributed by atoms with E-state index in [0.717, 1.165) is 37.2 Å². The van der Waals surface area contributed by atoms with Gasteiger partial charge in [0.25, 0.3) is 0 Å². The van der Waals surface area contributed by atoms with Crippen molar-refractivity contribution in [3.8, 4) is 0 Å². The molecular formula is C15H20N2O3S. The van der Waals surface area contributed by atoms with E-state index in [-0.39, 0.29) is 12.3 Å². The number of likely N-dealkylation sites (tertiary alicyclic amines) is 1. The van der Waals surface area contributed by atoms with E-state index in [1.165, 1.54) is 11.8 Å².